The third kappa shape index (κ3) is 7.61. The summed E-state index contributed by atoms with van der Waals surface area (Å²) in [6, 6.07) is 10.3. The van der Waals surface area contributed by atoms with Crippen LogP contribution in [0.15, 0.2) is 42.0 Å². The first kappa shape index (κ1) is 28.5. The molecule has 1 aromatic carbocycles. The van der Waals surface area contributed by atoms with Crippen LogP contribution in [0.25, 0.3) is 0 Å². The molecule has 0 bridgehead atoms. The molecule has 6 heteroatoms. The molecule has 1 saturated carbocycles. The second kappa shape index (κ2) is 10.9. The molecule has 1 fully saturated rings. The summed E-state index contributed by atoms with van der Waals surface area (Å²) in [4.78, 5) is 0. The molecule has 0 spiro atoms. The standard InChI is InChI=1S/C27H48O4Si2/c1-26(2,3)32(7,8)30-24-18-22(29-20-21-14-12-11-13-15-21)19-25(23(24)16-17-28)31-33(9,10)27(4,5)6/h11-16,22,24-25,28H,17-20H2,1-10H3/t22?,24-,25+. The first-order valence-corrected chi connectivity index (χ1v) is 18.2. The van der Waals surface area contributed by atoms with Crippen molar-refractivity contribution < 1.29 is 18.7 Å². The molecule has 2 rings (SSSR count). The van der Waals surface area contributed by atoms with Crippen LogP contribution in [0.4, 0.5) is 0 Å². The van der Waals surface area contributed by atoms with Gasteiger partial charge in [0.25, 0.3) is 0 Å². The Balaban J connectivity index is 2.34. The number of hydrogen-bond acceptors (Lipinski definition) is 4. The maximum Gasteiger partial charge on any atom is 0.192 e. The number of rotatable bonds is 8. The summed E-state index contributed by atoms with van der Waals surface area (Å²) in [5.41, 5.74) is 2.28. The molecule has 33 heavy (non-hydrogen) atoms. The number of ether oxygens (including phenoxy) is 1. The molecule has 1 aliphatic rings. The molecule has 0 radical (unpaired) electrons. The summed E-state index contributed by atoms with van der Waals surface area (Å²) in [7, 11) is -4.05. The molecule has 1 aliphatic carbocycles. The molecule has 0 amide bonds. The van der Waals surface area contributed by atoms with Gasteiger partial charge in [-0.05, 0) is 47.4 Å². The monoisotopic (exact) mass is 492 g/mol. The highest BCUT2D eigenvalue weighted by atomic mass is 28.4. The van der Waals surface area contributed by atoms with Crippen molar-refractivity contribution in [1.29, 1.82) is 0 Å². The molecular weight excluding hydrogens is 444 g/mol. The highest BCUT2D eigenvalue weighted by molar-refractivity contribution is 6.74. The minimum atomic E-state index is -2.03. The van der Waals surface area contributed by atoms with E-state index in [1.54, 1.807) is 0 Å². The highest BCUT2D eigenvalue weighted by Crippen LogP contribution is 2.44. The fourth-order valence-corrected chi connectivity index (χ4v) is 6.24. The van der Waals surface area contributed by atoms with Crippen molar-refractivity contribution in [3.05, 3.63) is 47.5 Å². The predicted molar refractivity (Wildman–Crippen MR) is 144 cm³/mol. The summed E-state index contributed by atoms with van der Waals surface area (Å²) in [6.07, 6.45) is 3.38. The Bertz CT molecular complexity index is 736. The normalized spacial score (nSPS) is 24.3. The molecule has 3 atom stereocenters. The Morgan fingerprint density at radius 2 is 1.30 bits per heavy atom. The van der Waals surface area contributed by atoms with E-state index in [9.17, 15) is 5.11 Å². The third-order valence-corrected chi connectivity index (χ3v) is 16.8. The van der Waals surface area contributed by atoms with E-state index in [4.69, 9.17) is 13.6 Å². The SMILES string of the molecule is CC(C)(C)[Si](C)(C)O[C@H]1CC(OCc2ccccc2)C[C@@H](O[Si](C)(C)C(C)(C)C)C1=CCO. The molecule has 1 unspecified atom stereocenters. The average molecular weight is 493 g/mol. The predicted octanol–water partition coefficient (Wildman–Crippen LogP) is 7.07. The van der Waals surface area contributed by atoms with E-state index in [2.05, 4.69) is 79.9 Å². The van der Waals surface area contributed by atoms with Gasteiger partial charge in [-0.3, -0.25) is 0 Å². The fraction of sp³-hybridized carbons (Fsp3) is 0.704. The van der Waals surface area contributed by atoms with Crippen molar-refractivity contribution in [2.75, 3.05) is 6.61 Å². The van der Waals surface area contributed by atoms with Gasteiger partial charge < -0.3 is 18.7 Å². The van der Waals surface area contributed by atoms with E-state index >= 15 is 0 Å². The van der Waals surface area contributed by atoms with E-state index in [0.29, 0.717) is 6.61 Å². The average Bonchev–Trinajstić information content (AvgIpc) is 2.67. The van der Waals surface area contributed by atoms with E-state index in [1.807, 2.05) is 24.3 Å². The van der Waals surface area contributed by atoms with Gasteiger partial charge in [0.2, 0.25) is 0 Å². The molecule has 188 valence electrons. The first-order valence-electron chi connectivity index (χ1n) is 12.4. The lowest BCUT2D eigenvalue weighted by molar-refractivity contribution is -0.0327. The zero-order valence-electron chi connectivity index (χ0n) is 22.7. The number of hydrogen-bond donors (Lipinski definition) is 1. The topological polar surface area (TPSA) is 47.9 Å². The van der Waals surface area contributed by atoms with E-state index in [0.717, 1.165) is 18.4 Å². The second-order valence-electron chi connectivity index (χ2n) is 12.5. The van der Waals surface area contributed by atoms with Crippen LogP contribution in [0.2, 0.25) is 36.3 Å². The quantitative estimate of drug-likeness (QED) is 0.311. The lowest BCUT2D eigenvalue weighted by Gasteiger charge is -2.47. The Morgan fingerprint density at radius 1 is 0.848 bits per heavy atom. The van der Waals surface area contributed by atoms with Gasteiger partial charge in [-0.25, -0.2) is 0 Å². The van der Waals surface area contributed by atoms with Crippen LogP contribution in [-0.4, -0.2) is 46.7 Å². The Kier molecular flexibility index (Phi) is 9.38. The Morgan fingerprint density at radius 3 is 1.70 bits per heavy atom. The van der Waals surface area contributed by atoms with Crippen molar-refractivity contribution >= 4 is 16.6 Å². The maximum atomic E-state index is 9.89. The van der Waals surface area contributed by atoms with Crippen LogP contribution in [-0.2, 0) is 20.2 Å². The number of aliphatic hydroxyl groups is 1. The van der Waals surface area contributed by atoms with Gasteiger partial charge in [0.1, 0.15) is 0 Å². The van der Waals surface area contributed by atoms with Crippen LogP contribution in [0.3, 0.4) is 0 Å². The van der Waals surface area contributed by atoms with Crippen molar-refractivity contribution in [1.82, 2.24) is 0 Å². The van der Waals surface area contributed by atoms with Gasteiger partial charge in [-0.15, -0.1) is 0 Å². The van der Waals surface area contributed by atoms with Gasteiger partial charge >= 0.3 is 0 Å². The second-order valence-corrected chi connectivity index (χ2v) is 22.0. The van der Waals surface area contributed by atoms with Crippen LogP contribution in [0.5, 0.6) is 0 Å². The van der Waals surface area contributed by atoms with Gasteiger partial charge in [0.15, 0.2) is 16.6 Å². The van der Waals surface area contributed by atoms with Crippen LogP contribution in [0.1, 0.15) is 59.9 Å². The largest absolute Gasteiger partial charge is 0.410 e. The van der Waals surface area contributed by atoms with Crippen LogP contribution >= 0.6 is 0 Å². The zero-order chi connectivity index (χ0) is 25.1. The summed E-state index contributed by atoms with van der Waals surface area (Å²) >= 11 is 0. The zero-order valence-corrected chi connectivity index (χ0v) is 24.7. The van der Waals surface area contributed by atoms with E-state index in [-0.39, 0.29) is 35.0 Å². The summed E-state index contributed by atoms with van der Waals surface area (Å²) in [5.74, 6) is 0. The number of aliphatic hydroxyl groups excluding tert-OH is 1. The van der Waals surface area contributed by atoms with Crippen molar-refractivity contribution in [2.24, 2.45) is 0 Å². The number of benzene rings is 1. The molecular formula is C27H48O4Si2. The van der Waals surface area contributed by atoms with Gasteiger partial charge in [-0.2, -0.15) is 0 Å². The minimum Gasteiger partial charge on any atom is -0.410 e. The minimum absolute atomic E-state index is 0.000400. The Hall–Kier alpha value is -0.766. The lowest BCUT2D eigenvalue weighted by Crippen LogP contribution is -2.52. The molecule has 0 aliphatic heterocycles. The smallest absolute Gasteiger partial charge is 0.192 e. The van der Waals surface area contributed by atoms with E-state index < -0.39 is 16.6 Å². The third-order valence-electron chi connectivity index (χ3n) is 7.84. The molecule has 0 heterocycles. The molecule has 1 aromatic rings. The van der Waals surface area contributed by atoms with E-state index in [1.165, 1.54) is 5.56 Å². The first-order chi connectivity index (χ1) is 15.1. The van der Waals surface area contributed by atoms with Gasteiger partial charge in [-0.1, -0.05) is 78.0 Å². The fourth-order valence-electron chi connectivity index (χ4n) is 3.64. The molecule has 4 nitrogen and oxygen atoms in total. The lowest BCUT2D eigenvalue weighted by atomic mass is 9.87. The Labute approximate surface area is 205 Å². The summed E-state index contributed by atoms with van der Waals surface area (Å²) < 4.78 is 20.3. The van der Waals surface area contributed by atoms with Gasteiger partial charge in [0.05, 0.1) is 31.5 Å². The molecule has 0 saturated heterocycles. The molecule has 1 N–H and O–H groups in total. The summed E-state index contributed by atoms with van der Waals surface area (Å²) in [5, 5.41) is 10.1. The van der Waals surface area contributed by atoms with Gasteiger partial charge in [0, 0.05) is 12.8 Å². The van der Waals surface area contributed by atoms with Crippen molar-refractivity contribution in [3.63, 3.8) is 0 Å². The molecule has 0 aromatic heterocycles. The van der Waals surface area contributed by atoms with Crippen molar-refractivity contribution in [3.8, 4) is 0 Å². The maximum absolute atomic E-state index is 9.89. The summed E-state index contributed by atoms with van der Waals surface area (Å²) in [6.45, 7) is 23.4. The highest BCUT2D eigenvalue weighted by Gasteiger charge is 2.46. The van der Waals surface area contributed by atoms with Crippen molar-refractivity contribution in [2.45, 2.75) is 116 Å². The van der Waals surface area contributed by atoms with Crippen LogP contribution < -0.4 is 0 Å². The van der Waals surface area contributed by atoms with Crippen LogP contribution in [0, 0.1) is 0 Å².